The molecular weight excluding hydrogens is 196 g/mol. The fourth-order valence-electron chi connectivity index (χ4n) is 1.33. The van der Waals surface area contributed by atoms with Gasteiger partial charge in [0.15, 0.2) is 0 Å². The van der Waals surface area contributed by atoms with E-state index in [-0.39, 0.29) is 0 Å². The van der Waals surface area contributed by atoms with E-state index >= 15 is 0 Å². The molecule has 2 heterocycles. The van der Waals surface area contributed by atoms with Crippen molar-refractivity contribution in [2.75, 3.05) is 0 Å². The van der Waals surface area contributed by atoms with Gasteiger partial charge in [-0.15, -0.1) is 6.42 Å². The molecule has 0 amide bonds. The van der Waals surface area contributed by atoms with E-state index in [1.54, 1.807) is 24.8 Å². The van der Waals surface area contributed by atoms with Gasteiger partial charge in [-0.25, -0.2) is 0 Å². The molecule has 0 spiro atoms. The molecule has 2 aromatic heterocycles. The Morgan fingerprint density at radius 3 is 2.50 bits per heavy atom. The maximum atomic E-state index is 5.39. The normalized spacial score (nSPS) is 10.2. The van der Waals surface area contributed by atoms with Crippen LogP contribution in [0.15, 0.2) is 43.0 Å². The summed E-state index contributed by atoms with van der Waals surface area (Å²) in [5, 5.41) is 0. The van der Waals surface area contributed by atoms with E-state index in [0.717, 1.165) is 16.7 Å². The van der Waals surface area contributed by atoms with Crippen molar-refractivity contribution in [1.29, 1.82) is 0 Å². The van der Waals surface area contributed by atoms with Crippen LogP contribution in [0.1, 0.15) is 16.7 Å². The number of aromatic nitrogens is 2. The molecule has 2 heteroatoms. The minimum atomic E-state index is 0.799. The van der Waals surface area contributed by atoms with Crippen LogP contribution in [0, 0.1) is 12.3 Å². The van der Waals surface area contributed by atoms with Gasteiger partial charge in [-0.3, -0.25) is 9.97 Å². The van der Waals surface area contributed by atoms with Crippen LogP contribution in [0.3, 0.4) is 0 Å². The molecule has 0 atom stereocenters. The monoisotopic (exact) mass is 206 g/mol. The van der Waals surface area contributed by atoms with Crippen LogP contribution in [0.2, 0.25) is 0 Å². The van der Waals surface area contributed by atoms with E-state index < -0.39 is 0 Å². The quantitative estimate of drug-likeness (QED) is 0.706. The molecule has 16 heavy (non-hydrogen) atoms. The van der Waals surface area contributed by atoms with Crippen molar-refractivity contribution >= 4 is 12.2 Å². The SMILES string of the molecule is C#Cc1cnccc1C=Cc1ccncc1. The van der Waals surface area contributed by atoms with Crippen LogP contribution in [0.4, 0.5) is 0 Å². The summed E-state index contributed by atoms with van der Waals surface area (Å²) in [5.41, 5.74) is 2.89. The zero-order valence-corrected chi connectivity index (χ0v) is 8.67. The Kier molecular flexibility index (Phi) is 3.10. The predicted octanol–water partition coefficient (Wildman–Crippen LogP) is 2.63. The van der Waals surface area contributed by atoms with Gasteiger partial charge in [-0.1, -0.05) is 18.1 Å². The molecule has 0 fully saturated rings. The molecule has 0 aromatic carbocycles. The number of hydrogen-bond donors (Lipinski definition) is 0. The largest absolute Gasteiger partial charge is 0.265 e. The maximum Gasteiger partial charge on any atom is 0.0498 e. The highest BCUT2D eigenvalue weighted by atomic mass is 14.6. The lowest BCUT2D eigenvalue weighted by molar-refractivity contribution is 1.30. The summed E-state index contributed by atoms with van der Waals surface area (Å²) in [7, 11) is 0. The average molecular weight is 206 g/mol. The van der Waals surface area contributed by atoms with Gasteiger partial charge >= 0.3 is 0 Å². The first-order chi connectivity index (χ1) is 7.90. The van der Waals surface area contributed by atoms with Crippen molar-refractivity contribution in [3.8, 4) is 12.3 Å². The summed E-state index contributed by atoms with van der Waals surface area (Å²) in [6.45, 7) is 0. The summed E-state index contributed by atoms with van der Waals surface area (Å²) in [5.74, 6) is 2.61. The van der Waals surface area contributed by atoms with Gasteiger partial charge in [0.2, 0.25) is 0 Å². The summed E-state index contributed by atoms with van der Waals surface area (Å²) >= 11 is 0. The number of nitrogens with zero attached hydrogens (tertiary/aromatic N) is 2. The Bertz CT molecular complexity index is 536. The average Bonchev–Trinajstić information content (AvgIpc) is 2.38. The zero-order chi connectivity index (χ0) is 11.2. The third-order valence-electron chi connectivity index (χ3n) is 2.17. The van der Waals surface area contributed by atoms with Crippen LogP contribution in [-0.2, 0) is 0 Å². The van der Waals surface area contributed by atoms with Gasteiger partial charge in [0.25, 0.3) is 0 Å². The van der Waals surface area contributed by atoms with Crippen molar-refractivity contribution < 1.29 is 0 Å². The molecule has 0 saturated carbocycles. The minimum Gasteiger partial charge on any atom is -0.265 e. The topological polar surface area (TPSA) is 25.8 Å². The Hall–Kier alpha value is -2.40. The molecule has 2 rings (SSSR count). The molecule has 0 saturated heterocycles. The van der Waals surface area contributed by atoms with Crippen LogP contribution in [0.5, 0.6) is 0 Å². The Labute approximate surface area is 94.7 Å². The molecule has 2 nitrogen and oxygen atoms in total. The lowest BCUT2D eigenvalue weighted by Gasteiger charge is -1.97. The molecule has 0 aliphatic rings. The maximum absolute atomic E-state index is 5.39. The fourth-order valence-corrected chi connectivity index (χ4v) is 1.33. The van der Waals surface area contributed by atoms with Crippen LogP contribution >= 0.6 is 0 Å². The summed E-state index contributed by atoms with van der Waals surface area (Å²) in [6, 6.07) is 5.77. The second kappa shape index (κ2) is 4.90. The molecule has 0 aliphatic carbocycles. The Balaban J connectivity index is 2.28. The van der Waals surface area contributed by atoms with Gasteiger partial charge in [-0.05, 0) is 29.3 Å². The Morgan fingerprint density at radius 1 is 1.00 bits per heavy atom. The summed E-state index contributed by atoms with van der Waals surface area (Å²) in [4.78, 5) is 7.94. The summed E-state index contributed by atoms with van der Waals surface area (Å²) in [6.07, 6.45) is 16.3. The van der Waals surface area contributed by atoms with Gasteiger partial charge < -0.3 is 0 Å². The first kappa shape index (κ1) is 10.1. The molecule has 0 bridgehead atoms. The summed E-state index contributed by atoms with van der Waals surface area (Å²) < 4.78 is 0. The second-order valence-corrected chi connectivity index (χ2v) is 3.22. The van der Waals surface area contributed by atoms with E-state index in [1.807, 2.05) is 30.4 Å². The van der Waals surface area contributed by atoms with Crippen molar-refractivity contribution in [3.05, 3.63) is 59.7 Å². The van der Waals surface area contributed by atoms with Crippen LogP contribution in [-0.4, -0.2) is 9.97 Å². The standard InChI is InChI=1S/C14H10N2/c1-2-13-11-16-10-7-14(13)4-3-12-5-8-15-9-6-12/h1,3-11H. The van der Waals surface area contributed by atoms with Crippen molar-refractivity contribution in [3.63, 3.8) is 0 Å². The third-order valence-corrected chi connectivity index (χ3v) is 2.17. The van der Waals surface area contributed by atoms with Crippen molar-refractivity contribution in [2.45, 2.75) is 0 Å². The molecule has 0 unspecified atom stereocenters. The van der Waals surface area contributed by atoms with E-state index in [9.17, 15) is 0 Å². The van der Waals surface area contributed by atoms with Gasteiger partial charge in [0.05, 0.1) is 0 Å². The predicted molar refractivity (Wildman–Crippen MR) is 65.3 cm³/mol. The van der Waals surface area contributed by atoms with E-state index in [4.69, 9.17) is 6.42 Å². The van der Waals surface area contributed by atoms with Crippen LogP contribution < -0.4 is 0 Å². The smallest absolute Gasteiger partial charge is 0.0498 e. The molecular formula is C14H10N2. The molecule has 0 N–H and O–H groups in total. The van der Waals surface area contributed by atoms with Crippen LogP contribution in [0.25, 0.3) is 12.2 Å². The molecule has 76 valence electrons. The van der Waals surface area contributed by atoms with Gasteiger partial charge in [-0.2, -0.15) is 0 Å². The Morgan fingerprint density at radius 2 is 1.75 bits per heavy atom. The second-order valence-electron chi connectivity index (χ2n) is 3.22. The number of hydrogen-bond acceptors (Lipinski definition) is 2. The van der Waals surface area contributed by atoms with E-state index in [2.05, 4.69) is 15.9 Å². The number of terminal acetylenes is 1. The lowest BCUT2D eigenvalue weighted by Crippen LogP contribution is -1.83. The van der Waals surface area contributed by atoms with Gasteiger partial charge in [0, 0.05) is 30.4 Å². The van der Waals surface area contributed by atoms with Crippen molar-refractivity contribution in [1.82, 2.24) is 9.97 Å². The lowest BCUT2D eigenvalue weighted by atomic mass is 10.1. The van der Waals surface area contributed by atoms with E-state index in [0.29, 0.717) is 0 Å². The minimum absolute atomic E-state index is 0.799. The van der Waals surface area contributed by atoms with Gasteiger partial charge in [0.1, 0.15) is 0 Å². The van der Waals surface area contributed by atoms with E-state index in [1.165, 1.54) is 0 Å². The highest BCUT2D eigenvalue weighted by molar-refractivity contribution is 5.72. The fraction of sp³-hybridized carbons (Fsp3) is 0. The number of pyridine rings is 2. The first-order valence-electron chi connectivity index (χ1n) is 4.89. The highest BCUT2D eigenvalue weighted by Crippen LogP contribution is 2.10. The highest BCUT2D eigenvalue weighted by Gasteiger charge is 1.94. The van der Waals surface area contributed by atoms with Crippen molar-refractivity contribution in [2.24, 2.45) is 0 Å². The first-order valence-corrected chi connectivity index (χ1v) is 4.89. The number of rotatable bonds is 2. The molecule has 0 radical (unpaired) electrons. The molecule has 2 aromatic rings. The zero-order valence-electron chi connectivity index (χ0n) is 8.67. The molecule has 0 aliphatic heterocycles. The third kappa shape index (κ3) is 2.34.